The van der Waals surface area contributed by atoms with Crippen molar-refractivity contribution in [3.8, 4) is 0 Å². The van der Waals surface area contributed by atoms with Gasteiger partial charge in [0.15, 0.2) is 0 Å². The number of urea groups is 1. The van der Waals surface area contributed by atoms with Crippen LogP contribution in [0.25, 0.3) is 0 Å². The van der Waals surface area contributed by atoms with Crippen molar-refractivity contribution in [1.29, 1.82) is 0 Å². The Balaban J connectivity index is 2.09. The number of hydrogen-bond acceptors (Lipinski definition) is 2. The van der Waals surface area contributed by atoms with E-state index >= 15 is 0 Å². The van der Waals surface area contributed by atoms with Gasteiger partial charge in [0.2, 0.25) is 0 Å². The number of carboxylic acids is 1. The van der Waals surface area contributed by atoms with Crippen molar-refractivity contribution in [3.63, 3.8) is 0 Å². The molecule has 0 aromatic heterocycles. The maximum absolute atomic E-state index is 12.2. The normalized spacial score (nSPS) is 26.5. The highest BCUT2D eigenvalue weighted by atomic mass is 16.4. The molecule has 1 unspecified atom stereocenters. The van der Waals surface area contributed by atoms with E-state index in [1.165, 1.54) is 12.8 Å². The molecule has 1 saturated carbocycles. The van der Waals surface area contributed by atoms with E-state index in [4.69, 9.17) is 5.11 Å². The lowest BCUT2D eigenvalue weighted by Crippen LogP contribution is -2.43. The second-order valence-electron chi connectivity index (χ2n) is 5.47. The molecule has 2 aliphatic rings. The molecule has 0 spiro atoms. The third kappa shape index (κ3) is 2.76. The second-order valence-corrected chi connectivity index (χ2v) is 5.47. The fraction of sp³-hybridized carbons (Fsp3) is 0.846. The molecule has 5 nitrogen and oxygen atoms in total. The van der Waals surface area contributed by atoms with Crippen LogP contribution >= 0.6 is 0 Å². The molecule has 0 bridgehead atoms. The van der Waals surface area contributed by atoms with Crippen LogP contribution in [0.3, 0.4) is 0 Å². The van der Waals surface area contributed by atoms with Crippen molar-refractivity contribution in [3.05, 3.63) is 0 Å². The number of amides is 2. The molecule has 1 heterocycles. The summed E-state index contributed by atoms with van der Waals surface area (Å²) in [7, 11) is 1.76. The molecule has 2 rings (SSSR count). The summed E-state index contributed by atoms with van der Waals surface area (Å²) < 4.78 is 0. The number of rotatable bonds is 3. The van der Waals surface area contributed by atoms with Gasteiger partial charge in [-0.2, -0.15) is 0 Å². The Labute approximate surface area is 108 Å². The Bertz CT molecular complexity index is 324. The van der Waals surface area contributed by atoms with Gasteiger partial charge in [-0.3, -0.25) is 4.79 Å². The number of aliphatic carboxylic acids is 1. The third-order valence-electron chi connectivity index (χ3n) is 4.05. The molecule has 0 aromatic carbocycles. The standard InChI is InChI=1S/C13H22N2O3/c1-14-9-11(8-12(16)17)15(13(14)18)10-6-4-2-3-5-7-10/h10-11H,2-9H2,1H3,(H,16,17). The van der Waals surface area contributed by atoms with Crippen molar-refractivity contribution >= 4 is 12.0 Å². The smallest absolute Gasteiger partial charge is 0.320 e. The van der Waals surface area contributed by atoms with Crippen LogP contribution in [0.15, 0.2) is 0 Å². The fourth-order valence-electron chi connectivity index (χ4n) is 3.19. The van der Waals surface area contributed by atoms with Crippen molar-refractivity contribution in [2.75, 3.05) is 13.6 Å². The molecule has 1 aliphatic carbocycles. The van der Waals surface area contributed by atoms with Gasteiger partial charge in [-0.1, -0.05) is 25.7 Å². The van der Waals surface area contributed by atoms with E-state index in [2.05, 4.69) is 0 Å². The first kappa shape index (κ1) is 13.2. The Morgan fingerprint density at radius 1 is 1.28 bits per heavy atom. The van der Waals surface area contributed by atoms with Gasteiger partial charge in [0, 0.05) is 19.6 Å². The number of likely N-dealkylation sites (N-methyl/N-ethyl adjacent to an activating group) is 1. The molecule has 2 fully saturated rings. The predicted octanol–water partition coefficient (Wildman–Crippen LogP) is 1.92. The van der Waals surface area contributed by atoms with Crippen molar-refractivity contribution in [1.82, 2.24) is 9.80 Å². The van der Waals surface area contributed by atoms with Gasteiger partial charge in [-0.05, 0) is 12.8 Å². The lowest BCUT2D eigenvalue weighted by molar-refractivity contribution is -0.138. The predicted molar refractivity (Wildman–Crippen MR) is 67.4 cm³/mol. The number of carbonyl (C=O) groups excluding carboxylic acids is 1. The van der Waals surface area contributed by atoms with E-state index in [-0.39, 0.29) is 24.5 Å². The molecule has 0 aromatic rings. The molecular weight excluding hydrogens is 232 g/mol. The van der Waals surface area contributed by atoms with Crippen molar-refractivity contribution in [2.24, 2.45) is 0 Å². The Morgan fingerprint density at radius 2 is 1.89 bits per heavy atom. The largest absolute Gasteiger partial charge is 0.481 e. The van der Waals surface area contributed by atoms with Crippen LogP contribution in [0.2, 0.25) is 0 Å². The topological polar surface area (TPSA) is 60.9 Å². The van der Waals surface area contributed by atoms with Crippen LogP contribution in [0.5, 0.6) is 0 Å². The Kier molecular flexibility index (Phi) is 4.09. The number of hydrogen-bond donors (Lipinski definition) is 1. The van der Waals surface area contributed by atoms with Gasteiger partial charge in [-0.25, -0.2) is 4.79 Å². The minimum atomic E-state index is -0.818. The Hall–Kier alpha value is -1.26. The average molecular weight is 254 g/mol. The van der Waals surface area contributed by atoms with E-state index in [0.29, 0.717) is 6.54 Å². The number of carbonyl (C=O) groups is 2. The quantitative estimate of drug-likeness (QED) is 0.783. The minimum Gasteiger partial charge on any atom is -0.481 e. The maximum Gasteiger partial charge on any atom is 0.320 e. The van der Waals surface area contributed by atoms with Gasteiger partial charge >= 0.3 is 12.0 Å². The van der Waals surface area contributed by atoms with Crippen LogP contribution in [0, 0.1) is 0 Å². The molecule has 1 saturated heterocycles. The van der Waals surface area contributed by atoms with Gasteiger partial charge < -0.3 is 14.9 Å². The molecule has 18 heavy (non-hydrogen) atoms. The Morgan fingerprint density at radius 3 is 2.44 bits per heavy atom. The van der Waals surface area contributed by atoms with Crippen LogP contribution in [0.1, 0.15) is 44.9 Å². The molecule has 1 atom stereocenters. The fourth-order valence-corrected chi connectivity index (χ4v) is 3.19. The molecule has 2 amide bonds. The summed E-state index contributed by atoms with van der Waals surface area (Å²) in [5.41, 5.74) is 0. The van der Waals surface area contributed by atoms with E-state index in [0.717, 1.165) is 25.7 Å². The van der Waals surface area contributed by atoms with E-state index in [9.17, 15) is 9.59 Å². The minimum absolute atomic E-state index is 0.00755. The first-order valence-electron chi connectivity index (χ1n) is 6.85. The molecule has 0 radical (unpaired) electrons. The first-order valence-corrected chi connectivity index (χ1v) is 6.85. The zero-order chi connectivity index (χ0) is 13.1. The highest BCUT2D eigenvalue weighted by molar-refractivity contribution is 5.79. The highest BCUT2D eigenvalue weighted by Gasteiger charge is 2.40. The zero-order valence-electron chi connectivity index (χ0n) is 11.0. The van der Waals surface area contributed by atoms with Gasteiger partial charge in [0.05, 0.1) is 12.5 Å². The summed E-state index contributed by atoms with van der Waals surface area (Å²) in [6.07, 6.45) is 6.88. The summed E-state index contributed by atoms with van der Waals surface area (Å²) in [5.74, 6) is -0.818. The molecular formula is C13H22N2O3. The molecule has 102 valence electrons. The monoisotopic (exact) mass is 254 g/mol. The van der Waals surface area contributed by atoms with Gasteiger partial charge in [-0.15, -0.1) is 0 Å². The van der Waals surface area contributed by atoms with E-state index in [1.807, 2.05) is 4.90 Å². The van der Waals surface area contributed by atoms with Crippen LogP contribution in [-0.2, 0) is 4.79 Å². The molecule has 5 heteroatoms. The zero-order valence-corrected chi connectivity index (χ0v) is 11.0. The SMILES string of the molecule is CN1CC(CC(=O)O)N(C2CCCCCC2)C1=O. The lowest BCUT2D eigenvalue weighted by atomic mass is 10.0. The van der Waals surface area contributed by atoms with Gasteiger partial charge in [0.25, 0.3) is 0 Å². The third-order valence-corrected chi connectivity index (χ3v) is 4.05. The second kappa shape index (κ2) is 5.59. The van der Waals surface area contributed by atoms with Crippen molar-refractivity contribution in [2.45, 2.75) is 57.0 Å². The number of nitrogens with zero attached hydrogens (tertiary/aromatic N) is 2. The number of carboxylic acid groups (broad SMARTS) is 1. The van der Waals surface area contributed by atoms with E-state index in [1.54, 1.807) is 11.9 Å². The average Bonchev–Trinajstić information content (AvgIpc) is 2.53. The summed E-state index contributed by atoms with van der Waals surface area (Å²) in [6, 6.07) is 0.102. The van der Waals surface area contributed by atoms with Crippen LogP contribution < -0.4 is 0 Å². The molecule has 1 aliphatic heterocycles. The van der Waals surface area contributed by atoms with E-state index < -0.39 is 5.97 Å². The van der Waals surface area contributed by atoms with Crippen LogP contribution in [-0.4, -0.2) is 52.6 Å². The lowest BCUT2D eigenvalue weighted by Gasteiger charge is -2.31. The summed E-state index contributed by atoms with van der Waals surface area (Å²) in [4.78, 5) is 26.6. The van der Waals surface area contributed by atoms with Crippen molar-refractivity contribution < 1.29 is 14.7 Å². The molecule has 1 N–H and O–H groups in total. The van der Waals surface area contributed by atoms with Crippen LogP contribution in [0.4, 0.5) is 4.79 Å². The highest BCUT2D eigenvalue weighted by Crippen LogP contribution is 2.28. The first-order chi connectivity index (χ1) is 8.59. The summed E-state index contributed by atoms with van der Waals surface area (Å²) in [6.45, 7) is 0.543. The maximum atomic E-state index is 12.2. The summed E-state index contributed by atoms with van der Waals surface area (Å²) >= 11 is 0. The van der Waals surface area contributed by atoms with Gasteiger partial charge in [0.1, 0.15) is 0 Å². The summed E-state index contributed by atoms with van der Waals surface area (Å²) in [5, 5.41) is 8.96.